The number of nitrogens with one attached hydrogen (secondary N) is 1. The van der Waals surface area contributed by atoms with Crippen LogP contribution in [0.2, 0.25) is 0 Å². The molecule has 0 atom stereocenters. The Morgan fingerprint density at radius 1 is 1.07 bits per heavy atom. The summed E-state index contributed by atoms with van der Waals surface area (Å²) in [7, 11) is 0. The van der Waals surface area contributed by atoms with E-state index in [1.807, 2.05) is 0 Å². The fourth-order valence-electron chi connectivity index (χ4n) is 1.59. The molecule has 2 N–H and O–H groups in total. The summed E-state index contributed by atoms with van der Waals surface area (Å²) in [4.78, 5) is 24.0. The van der Waals surface area contributed by atoms with Crippen molar-refractivity contribution in [2.45, 2.75) is 25.7 Å². The molecule has 2 amide bonds. The summed E-state index contributed by atoms with van der Waals surface area (Å²) in [6.07, 6.45) is 3.52. The molecular formula is C10H18N2O3. The molecule has 0 saturated carbocycles. The molecule has 5 nitrogen and oxygen atoms in total. The van der Waals surface area contributed by atoms with Crippen molar-refractivity contribution in [1.29, 1.82) is 0 Å². The summed E-state index contributed by atoms with van der Waals surface area (Å²) >= 11 is 0. The summed E-state index contributed by atoms with van der Waals surface area (Å²) in [6, 6.07) is 0. The summed E-state index contributed by atoms with van der Waals surface area (Å²) in [5, 5.41) is 11.3. The number of unbranched alkanes of at least 4 members (excludes halogenated alkanes) is 3. The second kappa shape index (κ2) is 6.53. The molecule has 0 aromatic heterocycles. The molecule has 0 radical (unpaired) electrons. The van der Waals surface area contributed by atoms with E-state index in [0.717, 1.165) is 25.7 Å². The standard InChI is InChI=1S/C10H18N2O3/c13-6-4-2-1-3-5-12-9(14)7-11-8-10(12)15/h11,13H,1-8H2. The number of rotatable bonds is 6. The van der Waals surface area contributed by atoms with Crippen molar-refractivity contribution < 1.29 is 14.7 Å². The zero-order valence-electron chi connectivity index (χ0n) is 8.87. The van der Waals surface area contributed by atoms with Gasteiger partial charge in [-0.1, -0.05) is 12.8 Å². The normalized spacial score (nSPS) is 17.3. The molecule has 1 heterocycles. The number of nitrogens with zero attached hydrogens (tertiary/aromatic N) is 1. The molecule has 15 heavy (non-hydrogen) atoms. The Bertz CT molecular complexity index is 215. The molecular weight excluding hydrogens is 196 g/mol. The van der Waals surface area contributed by atoms with Gasteiger partial charge in [0.15, 0.2) is 0 Å². The summed E-state index contributed by atoms with van der Waals surface area (Å²) in [5.74, 6) is -0.262. The smallest absolute Gasteiger partial charge is 0.243 e. The van der Waals surface area contributed by atoms with Crippen molar-refractivity contribution in [2.75, 3.05) is 26.2 Å². The number of piperazine rings is 1. The van der Waals surface area contributed by atoms with Crippen molar-refractivity contribution >= 4 is 11.8 Å². The molecule has 1 aliphatic rings. The van der Waals surface area contributed by atoms with Crippen molar-refractivity contribution in [3.05, 3.63) is 0 Å². The van der Waals surface area contributed by atoms with E-state index in [0.29, 0.717) is 6.54 Å². The highest BCUT2D eigenvalue weighted by atomic mass is 16.3. The van der Waals surface area contributed by atoms with Crippen molar-refractivity contribution in [3.63, 3.8) is 0 Å². The fraction of sp³-hybridized carbons (Fsp3) is 0.800. The van der Waals surface area contributed by atoms with E-state index in [2.05, 4.69) is 5.32 Å². The Balaban J connectivity index is 2.18. The topological polar surface area (TPSA) is 69.6 Å². The van der Waals surface area contributed by atoms with Crippen LogP contribution < -0.4 is 5.32 Å². The lowest BCUT2D eigenvalue weighted by molar-refractivity contribution is -0.146. The zero-order chi connectivity index (χ0) is 11.1. The predicted molar refractivity (Wildman–Crippen MR) is 55.1 cm³/mol. The SMILES string of the molecule is O=C1CNCC(=O)N1CCCCCCO. The molecule has 1 saturated heterocycles. The molecule has 1 rings (SSSR count). The van der Waals surface area contributed by atoms with Crippen LogP contribution in [0, 0.1) is 0 Å². The van der Waals surface area contributed by atoms with E-state index < -0.39 is 0 Å². The first-order valence-electron chi connectivity index (χ1n) is 5.40. The maximum absolute atomic E-state index is 11.3. The van der Waals surface area contributed by atoms with E-state index in [1.54, 1.807) is 0 Å². The number of aliphatic hydroxyl groups excluding tert-OH is 1. The maximum atomic E-state index is 11.3. The molecule has 0 aromatic rings. The highest BCUT2D eigenvalue weighted by Crippen LogP contribution is 2.03. The Hall–Kier alpha value is -0.940. The first-order chi connectivity index (χ1) is 7.25. The molecule has 5 heteroatoms. The Morgan fingerprint density at radius 2 is 1.67 bits per heavy atom. The average molecular weight is 214 g/mol. The van der Waals surface area contributed by atoms with Crippen LogP contribution in [0.4, 0.5) is 0 Å². The van der Waals surface area contributed by atoms with Crippen LogP contribution in [0.1, 0.15) is 25.7 Å². The minimum absolute atomic E-state index is 0.131. The first kappa shape index (κ1) is 12.1. The van der Waals surface area contributed by atoms with Crippen LogP contribution >= 0.6 is 0 Å². The van der Waals surface area contributed by atoms with Crippen LogP contribution in [0.5, 0.6) is 0 Å². The van der Waals surface area contributed by atoms with Crippen LogP contribution in [0.3, 0.4) is 0 Å². The number of imide groups is 1. The van der Waals surface area contributed by atoms with Crippen molar-refractivity contribution in [3.8, 4) is 0 Å². The molecule has 0 aliphatic carbocycles. The first-order valence-corrected chi connectivity index (χ1v) is 5.40. The Kier molecular flexibility index (Phi) is 5.28. The van der Waals surface area contributed by atoms with Gasteiger partial charge in [0, 0.05) is 13.2 Å². The maximum Gasteiger partial charge on any atom is 0.243 e. The van der Waals surface area contributed by atoms with Gasteiger partial charge >= 0.3 is 0 Å². The van der Waals surface area contributed by atoms with Crippen LogP contribution in [-0.2, 0) is 9.59 Å². The lowest BCUT2D eigenvalue weighted by atomic mass is 10.2. The van der Waals surface area contributed by atoms with Gasteiger partial charge in [0.1, 0.15) is 0 Å². The van der Waals surface area contributed by atoms with E-state index in [9.17, 15) is 9.59 Å². The predicted octanol–water partition coefficient (Wildman–Crippen LogP) is -0.503. The molecule has 1 fully saturated rings. The van der Waals surface area contributed by atoms with Crippen LogP contribution in [0.15, 0.2) is 0 Å². The van der Waals surface area contributed by atoms with Gasteiger partial charge in [-0.25, -0.2) is 0 Å². The van der Waals surface area contributed by atoms with E-state index in [-0.39, 0.29) is 31.5 Å². The van der Waals surface area contributed by atoms with Gasteiger partial charge in [-0.15, -0.1) is 0 Å². The lowest BCUT2D eigenvalue weighted by Crippen LogP contribution is -2.52. The average Bonchev–Trinajstić information content (AvgIpc) is 2.21. The third-order valence-corrected chi connectivity index (χ3v) is 2.44. The molecule has 86 valence electrons. The Morgan fingerprint density at radius 3 is 2.27 bits per heavy atom. The third kappa shape index (κ3) is 3.97. The van der Waals surface area contributed by atoms with Gasteiger partial charge in [-0.2, -0.15) is 0 Å². The van der Waals surface area contributed by atoms with Crippen LogP contribution in [0.25, 0.3) is 0 Å². The van der Waals surface area contributed by atoms with Gasteiger partial charge in [0.2, 0.25) is 11.8 Å². The lowest BCUT2D eigenvalue weighted by Gasteiger charge is -2.25. The van der Waals surface area contributed by atoms with Gasteiger partial charge in [0.05, 0.1) is 13.1 Å². The number of amides is 2. The van der Waals surface area contributed by atoms with Gasteiger partial charge in [-0.05, 0) is 12.8 Å². The van der Waals surface area contributed by atoms with Crippen molar-refractivity contribution in [2.24, 2.45) is 0 Å². The van der Waals surface area contributed by atoms with E-state index in [1.165, 1.54) is 4.90 Å². The highest BCUT2D eigenvalue weighted by molar-refractivity contribution is 5.99. The number of carbonyl (C=O) groups is 2. The molecule has 0 unspecified atom stereocenters. The highest BCUT2D eigenvalue weighted by Gasteiger charge is 2.24. The quantitative estimate of drug-likeness (QED) is 0.462. The summed E-state index contributed by atoms with van der Waals surface area (Å²) in [6.45, 7) is 1.26. The van der Waals surface area contributed by atoms with Gasteiger partial charge in [0.25, 0.3) is 0 Å². The second-order valence-electron chi connectivity index (χ2n) is 3.68. The number of hydrogen-bond acceptors (Lipinski definition) is 4. The molecule has 1 aliphatic heterocycles. The summed E-state index contributed by atoms with van der Waals surface area (Å²) < 4.78 is 0. The van der Waals surface area contributed by atoms with E-state index >= 15 is 0 Å². The third-order valence-electron chi connectivity index (χ3n) is 2.44. The second-order valence-corrected chi connectivity index (χ2v) is 3.68. The summed E-state index contributed by atoms with van der Waals surface area (Å²) in [5.41, 5.74) is 0. The number of hydrogen-bond donors (Lipinski definition) is 2. The minimum Gasteiger partial charge on any atom is -0.396 e. The Labute approximate surface area is 89.4 Å². The minimum atomic E-state index is -0.131. The fourth-order valence-corrected chi connectivity index (χ4v) is 1.59. The van der Waals surface area contributed by atoms with Crippen LogP contribution in [-0.4, -0.2) is 48.1 Å². The molecule has 0 bridgehead atoms. The largest absolute Gasteiger partial charge is 0.396 e. The monoisotopic (exact) mass is 214 g/mol. The number of aliphatic hydroxyl groups is 1. The molecule has 0 aromatic carbocycles. The zero-order valence-corrected chi connectivity index (χ0v) is 8.87. The molecule has 0 spiro atoms. The van der Waals surface area contributed by atoms with E-state index in [4.69, 9.17) is 5.11 Å². The van der Waals surface area contributed by atoms with Crippen molar-refractivity contribution in [1.82, 2.24) is 10.2 Å². The van der Waals surface area contributed by atoms with Gasteiger partial charge in [-0.3, -0.25) is 19.8 Å². The van der Waals surface area contributed by atoms with Gasteiger partial charge < -0.3 is 5.11 Å². The number of carbonyl (C=O) groups excluding carboxylic acids is 2.